The number of H-pyrrole nitrogens is 1. The molecule has 35 heavy (non-hydrogen) atoms. The molecule has 1 N–H and O–H groups in total. The van der Waals surface area contributed by atoms with Crippen LogP contribution in [0.25, 0.3) is 22.6 Å². The minimum atomic E-state index is 0.623. The number of aromatic nitrogens is 7. The lowest BCUT2D eigenvalue weighted by molar-refractivity contribution is 0.744. The minimum Gasteiger partial charge on any atom is -0.344 e. The number of nitrogens with zero attached hydrogens (tertiary/aromatic N) is 7. The second kappa shape index (κ2) is 8.30. The van der Waals surface area contributed by atoms with Gasteiger partial charge in [0.1, 0.15) is 11.3 Å². The number of aryl methyl sites for hydroxylation is 5. The zero-order valence-corrected chi connectivity index (χ0v) is 20.5. The van der Waals surface area contributed by atoms with Gasteiger partial charge in [-0.05, 0) is 84.5 Å². The van der Waals surface area contributed by atoms with E-state index in [9.17, 15) is 0 Å². The van der Waals surface area contributed by atoms with Gasteiger partial charge < -0.3 is 9.47 Å². The molecule has 5 aromatic rings. The highest BCUT2D eigenvalue weighted by Gasteiger charge is 2.20. The van der Waals surface area contributed by atoms with Crippen molar-refractivity contribution in [1.82, 2.24) is 35.2 Å². The van der Waals surface area contributed by atoms with Crippen LogP contribution in [-0.2, 0) is 25.8 Å². The maximum absolute atomic E-state index is 4.91. The van der Waals surface area contributed by atoms with E-state index in [2.05, 4.69) is 100 Å². The minimum absolute atomic E-state index is 0.623. The Bertz CT molecular complexity index is 1550. The molecule has 4 heterocycles. The molecule has 0 spiro atoms. The van der Waals surface area contributed by atoms with Gasteiger partial charge in [-0.1, -0.05) is 19.1 Å². The molecule has 0 unspecified atom stereocenters. The Morgan fingerprint density at radius 2 is 1.71 bits per heavy atom. The fraction of sp³-hybridized carbons (Fsp3) is 0.296. The van der Waals surface area contributed by atoms with Crippen molar-refractivity contribution in [3.8, 4) is 11.4 Å². The first-order valence-corrected chi connectivity index (χ1v) is 12.1. The molecule has 0 fully saturated rings. The number of pyridine rings is 1. The molecule has 0 saturated heterocycles. The zero-order valence-electron chi connectivity index (χ0n) is 20.5. The second-order valence-corrected chi connectivity index (χ2v) is 9.32. The van der Waals surface area contributed by atoms with Gasteiger partial charge in [0.05, 0.1) is 6.54 Å². The number of aromatic amines is 1. The van der Waals surface area contributed by atoms with E-state index in [4.69, 9.17) is 9.97 Å². The highest BCUT2D eigenvalue weighted by Crippen LogP contribution is 2.37. The van der Waals surface area contributed by atoms with Crippen molar-refractivity contribution < 1.29 is 0 Å². The SMILES string of the molecule is CCc1nc2c(C)cc(C)nc2n1Cc1ccc2c(c1)CCc1cc(-c3nn[nH]n3)ccc1N2C. The number of tetrazole rings is 1. The van der Waals surface area contributed by atoms with Gasteiger partial charge in [0.25, 0.3) is 0 Å². The Morgan fingerprint density at radius 3 is 2.46 bits per heavy atom. The molecule has 0 bridgehead atoms. The Labute approximate surface area is 204 Å². The van der Waals surface area contributed by atoms with Crippen molar-refractivity contribution >= 4 is 22.5 Å². The normalized spacial score (nSPS) is 13.1. The smallest absolute Gasteiger partial charge is 0.204 e. The summed E-state index contributed by atoms with van der Waals surface area (Å²) in [5.41, 5.74) is 11.6. The standard InChI is InChI=1S/C27H28N8/c1-5-24-29-25-16(2)12-17(3)28-27(25)35(24)15-18-6-10-22-19(13-18)7-8-20-14-21(26-30-32-33-31-26)9-11-23(20)34(22)4/h6,9-14H,5,7-8,15H2,1-4H3,(H,30,31,32,33). The van der Waals surface area contributed by atoms with Crippen molar-refractivity contribution in [3.05, 3.63) is 76.2 Å². The fourth-order valence-corrected chi connectivity index (χ4v) is 5.27. The van der Waals surface area contributed by atoms with Crippen molar-refractivity contribution in [1.29, 1.82) is 0 Å². The summed E-state index contributed by atoms with van der Waals surface area (Å²) >= 11 is 0. The number of benzene rings is 2. The predicted octanol–water partition coefficient (Wildman–Crippen LogP) is 4.71. The van der Waals surface area contributed by atoms with Crippen molar-refractivity contribution in [3.63, 3.8) is 0 Å². The number of fused-ring (bicyclic) bond motifs is 3. The molecular weight excluding hydrogens is 436 g/mol. The van der Waals surface area contributed by atoms with Crippen LogP contribution < -0.4 is 4.90 Å². The average molecular weight is 465 g/mol. The van der Waals surface area contributed by atoms with E-state index < -0.39 is 0 Å². The van der Waals surface area contributed by atoms with Gasteiger partial charge in [-0.25, -0.2) is 9.97 Å². The first-order valence-electron chi connectivity index (χ1n) is 12.1. The highest BCUT2D eigenvalue weighted by atomic mass is 15.5. The van der Waals surface area contributed by atoms with Gasteiger partial charge in [0.2, 0.25) is 5.82 Å². The second-order valence-electron chi connectivity index (χ2n) is 9.32. The Balaban J connectivity index is 1.35. The van der Waals surface area contributed by atoms with E-state index in [0.29, 0.717) is 5.82 Å². The van der Waals surface area contributed by atoms with Crippen LogP contribution in [0, 0.1) is 13.8 Å². The van der Waals surface area contributed by atoms with Crippen LogP contribution in [0.5, 0.6) is 0 Å². The molecule has 0 saturated carbocycles. The van der Waals surface area contributed by atoms with Crippen LogP contribution in [-0.4, -0.2) is 42.2 Å². The lowest BCUT2D eigenvalue weighted by atomic mass is 10.0. The number of rotatable bonds is 4. The summed E-state index contributed by atoms with van der Waals surface area (Å²) in [6, 6.07) is 15.4. The number of anilines is 2. The maximum Gasteiger partial charge on any atom is 0.204 e. The molecule has 8 heteroatoms. The van der Waals surface area contributed by atoms with Gasteiger partial charge in [-0.2, -0.15) is 5.21 Å². The first-order chi connectivity index (χ1) is 17.0. The fourth-order valence-electron chi connectivity index (χ4n) is 5.27. The Hall–Kier alpha value is -4.07. The third-order valence-electron chi connectivity index (χ3n) is 6.97. The van der Waals surface area contributed by atoms with Crippen LogP contribution in [0.1, 0.15) is 40.7 Å². The van der Waals surface area contributed by atoms with Crippen LogP contribution in [0.3, 0.4) is 0 Å². The molecule has 3 aromatic heterocycles. The van der Waals surface area contributed by atoms with Crippen molar-refractivity contribution in [2.45, 2.75) is 46.6 Å². The molecule has 8 nitrogen and oxygen atoms in total. The van der Waals surface area contributed by atoms with E-state index >= 15 is 0 Å². The lowest BCUT2D eigenvalue weighted by Crippen LogP contribution is -2.12. The summed E-state index contributed by atoms with van der Waals surface area (Å²) in [5, 5.41) is 14.5. The molecule has 176 valence electrons. The summed E-state index contributed by atoms with van der Waals surface area (Å²) < 4.78 is 2.28. The number of hydrogen-bond donors (Lipinski definition) is 1. The summed E-state index contributed by atoms with van der Waals surface area (Å²) in [4.78, 5) is 12.1. The molecule has 1 aliphatic heterocycles. The van der Waals surface area contributed by atoms with Gasteiger partial charge in [0.15, 0.2) is 5.65 Å². The van der Waals surface area contributed by atoms with E-state index in [0.717, 1.165) is 54.1 Å². The van der Waals surface area contributed by atoms with Gasteiger partial charge in [0, 0.05) is 36.1 Å². The van der Waals surface area contributed by atoms with Crippen LogP contribution in [0.4, 0.5) is 11.4 Å². The third kappa shape index (κ3) is 3.65. The van der Waals surface area contributed by atoms with Crippen LogP contribution in [0.2, 0.25) is 0 Å². The molecule has 0 amide bonds. The van der Waals surface area contributed by atoms with E-state index in [1.807, 2.05) is 0 Å². The van der Waals surface area contributed by atoms with Gasteiger partial charge >= 0.3 is 0 Å². The lowest BCUT2D eigenvalue weighted by Gasteiger charge is -2.23. The number of nitrogens with one attached hydrogen (secondary N) is 1. The first kappa shape index (κ1) is 21.5. The van der Waals surface area contributed by atoms with Crippen molar-refractivity contribution in [2.24, 2.45) is 0 Å². The molecule has 0 radical (unpaired) electrons. The number of hydrogen-bond acceptors (Lipinski definition) is 6. The molecule has 0 aliphatic carbocycles. The van der Waals surface area contributed by atoms with Gasteiger partial charge in [-0.3, -0.25) is 0 Å². The van der Waals surface area contributed by atoms with Gasteiger partial charge in [-0.15, -0.1) is 10.2 Å². The molecular formula is C27H28N8. The van der Waals surface area contributed by atoms with E-state index in [1.165, 1.54) is 33.6 Å². The monoisotopic (exact) mass is 464 g/mol. The maximum atomic E-state index is 4.91. The highest BCUT2D eigenvalue weighted by molar-refractivity contribution is 5.76. The topological polar surface area (TPSA) is 88.4 Å². The molecule has 1 aliphatic rings. The molecule has 0 atom stereocenters. The van der Waals surface area contributed by atoms with Crippen molar-refractivity contribution in [2.75, 3.05) is 11.9 Å². The predicted molar refractivity (Wildman–Crippen MR) is 137 cm³/mol. The van der Waals surface area contributed by atoms with Crippen LogP contribution >= 0.6 is 0 Å². The third-order valence-corrected chi connectivity index (χ3v) is 6.97. The van der Waals surface area contributed by atoms with E-state index in [1.54, 1.807) is 0 Å². The largest absolute Gasteiger partial charge is 0.344 e. The summed E-state index contributed by atoms with van der Waals surface area (Å²) in [7, 11) is 2.14. The zero-order chi connectivity index (χ0) is 24.1. The summed E-state index contributed by atoms with van der Waals surface area (Å²) in [6.45, 7) is 7.09. The Morgan fingerprint density at radius 1 is 0.943 bits per heavy atom. The average Bonchev–Trinajstić information content (AvgIpc) is 3.48. The number of imidazole rings is 1. The summed E-state index contributed by atoms with van der Waals surface area (Å²) in [6.07, 6.45) is 2.80. The summed E-state index contributed by atoms with van der Waals surface area (Å²) in [5.74, 6) is 1.70. The molecule has 6 rings (SSSR count). The van der Waals surface area contributed by atoms with Crippen LogP contribution in [0.15, 0.2) is 42.5 Å². The molecule has 2 aromatic carbocycles. The Kier molecular flexibility index (Phi) is 5.09. The quantitative estimate of drug-likeness (QED) is 0.415. The van der Waals surface area contributed by atoms with E-state index in [-0.39, 0.29) is 0 Å².